The van der Waals surface area contributed by atoms with E-state index in [1.54, 1.807) is 27.1 Å². The van der Waals surface area contributed by atoms with Gasteiger partial charge in [-0.25, -0.2) is 4.39 Å². The van der Waals surface area contributed by atoms with E-state index in [-0.39, 0.29) is 29.4 Å². The Balaban J connectivity index is 2.49. The number of likely N-dealkylation sites (N-methyl/N-ethyl adjacent to an activating group) is 1. The molecule has 1 aromatic carbocycles. The van der Waals surface area contributed by atoms with Crippen molar-refractivity contribution in [3.8, 4) is 0 Å². The summed E-state index contributed by atoms with van der Waals surface area (Å²) in [5.41, 5.74) is 0.775. The van der Waals surface area contributed by atoms with Gasteiger partial charge in [0.05, 0.1) is 11.6 Å². The van der Waals surface area contributed by atoms with Gasteiger partial charge in [-0.3, -0.25) is 9.59 Å². The van der Waals surface area contributed by atoms with Crippen molar-refractivity contribution in [2.24, 2.45) is 0 Å². The van der Waals surface area contributed by atoms with Crippen LogP contribution in [0.15, 0.2) is 18.2 Å². The lowest BCUT2D eigenvalue weighted by atomic mass is 10.1. The largest absolute Gasteiger partial charge is 0.347 e. The molecule has 0 heterocycles. The van der Waals surface area contributed by atoms with Crippen LogP contribution in [-0.4, -0.2) is 43.4 Å². The first-order valence-corrected chi connectivity index (χ1v) is 7.29. The van der Waals surface area contributed by atoms with Crippen LogP contribution in [0.1, 0.15) is 25.5 Å². The lowest BCUT2D eigenvalue weighted by molar-refractivity contribution is -0.133. The molecular weight excluding hydrogens is 309 g/mol. The Morgan fingerprint density at radius 1 is 1.32 bits per heavy atom. The van der Waals surface area contributed by atoms with Gasteiger partial charge in [0.15, 0.2) is 0 Å². The molecule has 2 N–H and O–H groups in total. The number of halogens is 2. The van der Waals surface area contributed by atoms with E-state index in [2.05, 4.69) is 10.6 Å². The van der Waals surface area contributed by atoms with Crippen LogP contribution in [0.2, 0.25) is 5.02 Å². The highest BCUT2D eigenvalue weighted by molar-refractivity contribution is 6.30. The first-order chi connectivity index (χ1) is 10.2. The summed E-state index contributed by atoms with van der Waals surface area (Å²) in [5.74, 6) is -0.944. The van der Waals surface area contributed by atoms with Gasteiger partial charge in [-0.15, -0.1) is 0 Å². The zero-order chi connectivity index (χ0) is 16.9. The van der Waals surface area contributed by atoms with E-state index < -0.39 is 11.9 Å². The number of amides is 2. The van der Waals surface area contributed by atoms with Gasteiger partial charge in [-0.1, -0.05) is 17.7 Å². The molecule has 0 aliphatic rings. The van der Waals surface area contributed by atoms with Crippen molar-refractivity contribution in [1.82, 2.24) is 15.5 Å². The van der Waals surface area contributed by atoms with Gasteiger partial charge in [-0.05, 0) is 31.5 Å². The zero-order valence-electron chi connectivity index (χ0n) is 13.1. The predicted molar refractivity (Wildman–Crippen MR) is 84.1 cm³/mol. The summed E-state index contributed by atoms with van der Waals surface area (Å²) in [4.78, 5) is 24.9. The number of nitrogens with one attached hydrogen (secondary N) is 2. The minimum Gasteiger partial charge on any atom is -0.347 e. The van der Waals surface area contributed by atoms with Gasteiger partial charge in [0.1, 0.15) is 11.9 Å². The summed E-state index contributed by atoms with van der Waals surface area (Å²) in [5, 5.41) is 5.65. The van der Waals surface area contributed by atoms with E-state index in [0.29, 0.717) is 0 Å². The van der Waals surface area contributed by atoms with E-state index >= 15 is 0 Å². The average molecular weight is 330 g/mol. The van der Waals surface area contributed by atoms with E-state index in [1.807, 2.05) is 6.92 Å². The van der Waals surface area contributed by atoms with Crippen molar-refractivity contribution in [3.05, 3.63) is 34.6 Å². The van der Waals surface area contributed by atoms with Crippen molar-refractivity contribution in [2.45, 2.75) is 25.9 Å². The van der Waals surface area contributed by atoms with Crippen molar-refractivity contribution in [2.75, 3.05) is 20.6 Å². The lowest BCUT2D eigenvalue weighted by Gasteiger charge is -2.19. The molecule has 2 atom stereocenters. The summed E-state index contributed by atoms with van der Waals surface area (Å²) < 4.78 is 13.1. The quantitative estimate of drug-likeness (QED) is 0.835. The monoisotopic (exact) mass is 329 g/mol. The van der Waals surface area contributed by atoms with Crippen LogP contribution in [0, 0.1) is 5.82 Å². The van der Waals surface area contributed by atoms with E-state index in [1.165, 1.54) is 17.0 Å². The van der Waals surface area contributed by atoms with E-state index in [0.717, 1.165) is 5.56 Å². The number of benzene rings is 1. The number of rotatable bonds is 6. The van der Waals surface area contributed by atoms with Gasteiger partial charge in [0, 0.05) is 20.1 Å². The smallest absolute Gasteiger partial charge is 0.244 e. The average Bonchev–Trinajstić information content (AvgIpc) is 2.46. The second-order valence-electron chi connectivity index (χ2n) is 5.30. The SMILES string of the molecule is C[C@@H](NC(=O)CN[C@H](C)c1ccc(F)c(Cl)c1)C(=O)N(C)C. The van der Waals surface area contributed by atoms with E-state index in [9.17, 15) is 14.0 Å². The molecule has 22 heavy (non-hydrogen) atoms. The van der Waals surface area contributed by atoms with Gasteiger partial charge in [-0.2, -0.15) is 0 Å². The molecule has 0 aromatic heterocycles. The summed E-state index contributed by atoms with van der Waals surface area (Å²) in [6.45, 7) is 3.51. The number of carbonyl (C=O) groups excluding carboxylic acids is 2. The molecular formula is C15H21ClFN3O2. The van der Waals surface area contributed by atoms with Crippen LogP contribution in [0.3, 0.4) is 0 Å². The Morgan fingerprint density at radius 3 is 2.50 bits per heavy atom. The van der Waals surface area contributed by atoms with Crippen LogP contribution in [0.5, 0.6) is 0 Å². The van der Waals surface area contributed by atoms with Crippen molar-refractivity contribution in [3.63, 3.8) is 0 Å². The topological polar surface area (TPSA) is 61.4 Å². The summed E-state index contributed by atoms with van der Waals surface area (Å²) in [7, 11) is 3.26. The number of hydrogen-bond donors (Lipinski definition) is 2. The third-order valence-electron chi connectivity index (χ3n) is 3.20. The maximum atomic E-state index is 13.1. The molecule has 1 aromatic rings. The molecule has 0 unspecified atom stereocenters. The maximum Gasteiger partial charge on any atom is 0.244 e. The summed E-state index contributed by atoms with van der Waals surface area (Å²) in [6.07, 6.45) is 0. The fraction of sp³-hybridized carbons (Fsp3) is 0.467. The highest BCUT2D eigenvalue weighted by Gasteiger charge is 2.17. The molecule has 0 spiro atoms. The molecule has 0 radical (unpaired) electrons. The molecule has 0 bridgehead atoms. The van der Waals surface area contributed by atoms with Gasteiger partial charge in [0.25, 0.3) is 0 Å². The van der Waals surface area contributed by atoms with Crippen LogP contribution >= 0.6 is 11.6 Å². The van der Waals surface area contributed by atoms with Gasteiger partial charge < -0.3 is 15.5 Å². The van der Waals surface area contributed by atoms with E-state index in [4.69, 9.17) is 11.6 Å². The van der Waals surface area contributed by atoms with Crippen molar-refractivity contribution in [1.29, 1.82) is 0 Å². The molecule has 5 nitrogen and oxygen atoms in total. The summed E-state index contributed by atoms with van der Waals surface area (Å²) in [6, 6.07) is 3.65. The second kappa shape index (κ2) is 8.10. The Bertz CT molecular complexity index is 552. The summed E-state index contributed by atoms with van der Waals surface area (Å²) >= 11 is 5.73. The van der Waals surface area contributed by atoms with Crippen LogP contribution in [0.25, 0.3) is 0 Å². The predicted octanol–water partition coefficient (Wildman–Crippen LogP) is 1.72. The lowest BCUT2D eigenvalue weighted by Crippen LogP contribution is -2.47. The van der Waals surface area contributed by atoms with Crippen molar-refractivity contribution < 1.29 is 14.0 Å². The third kappa shape index (κ3) is 5.27. The Hall–Kier alpha value is -1.66. The molecule has 0 saturated carbocycles. The highest BCUT2D eigenvalue weighted by Crippen LogP contribution is 2.20. The number of hydrogen-bond acceptors (Lipinski definition) is 3. The molecule has 122 valence electrons. The van der Waals surface area contributed by atoms with Crippen LogP contribution < -0.4 is 10.6 Å². The van der Waals surface area contributed by atoms with Crippen molar-refractivity contribution >= 4 is 23.4 Å². The Labute approximate surface area is 134 Å². The minimum absolute atomic E-state index is 0.0424. The number of carbonyl (C=O) groups is 2. The Kier molecular flexibility index (Phi) is 6.77. The second-order valence-corrected chi connectivity index (χ2v) is 5.71. The highest BCUT2D eigenvalue weighted by atomic mass is 35.5. The Morgan fingerprint density at radius 2 is 1.95 bits per heavy atom. The fourth-order valence-electron chi connectivity index (χ4n) is 1.89. The normalized spacial score (nSPS) is 13.4. The van der Waals surface area contributed by atoms with Crippen LogP contribution in [-0.2, 0) is 9.59 Å². The molecule has 0 saturated heterocycles. The third-order valence-corrected chi connectivity index (χ3v) is 3.49. The first-order valence-electron chi connectivity index (χ1n) is 6.91. The maximum absolute atomic E-state index is 13.1. The minimum atomic E-state index is -0.583. The molecule has 2 amide bonds. The van der Waals surface area contributed by atoms with Gasteiger partial charge >= 0.3 is 0 Å². The van der Waals surface area contributed by atoms with Gasteiger partial charge in [0.2, 0.25) is 11.8 Å². The zero-order valence-corrected chi connectivity index (χ0v) is 13.9. The molecule has 0 aliphatic carbocycles. The molecule has 7 heteroatoms. The molecule has 1 rings (SSSR count). The molecule has 0 aliphatic heterocycles. The standard InChI is InChI=1S/C15H21ClFN3O2/c1-9(11-5-6-13(17)12(16)7-11)18-8-14(21)19-10(2)15(22)20(3)4/h5-7,9-10,18H,8H2,1-4H3,(H,19,21)/t9-,10-/m1/s1. The fourth-order valence-corrected chi connectivity index (χ4v) is 2.08. The van der Waals surface area contributed by atoms with Crippen LogP contribution in [0.4, 0.5) is 4.39 Å². The number of nitrogens with zero attached hydrogens (tertiary/aromatic N) is 1. The molecule has 0 fully saturated rings. The first kappa shape index (κ1) is 18.4.